The second-order valence-corrected chi connectivity index (χ2v) is 7.22. The van der Waals surface area contributed by atoms with E-state index in [1.807, 2.05) is 0 Å². The molecule has 1 aromatic heterocycles. The van der Waals surface area contributed by atoms with Crippen LogP contribution in [0.2, 0.25) is 0 Å². The maximum atomic E-state index is 4.74. The van der Waals surface area contributed by atoms with Crippen LogP contribution in [0.5, 0.6) is 0 Å². The molecule has 4 nitrogen and oxygen atoms in total. The van der Waals surface area contributed by atoms with E-state index in [1.165, 1.54) is 44.3 Å². The average Bonchev–Trinajstić information content (AvgIpc) is 3.09. The number of nitrogens with zero attached hydrogens (tertiary/aromatic N) is 3. The molecule has 2 heterocycles. The number of hydrogen-bond acceptors (Lipinski definition) is 3. The van der Waals surface area contributed by atoms with Gasteiger partial charge in [0, 0.05) is 43.5 Å². The van der Waals surface area contributed by atoms with Gasteiger partial charge in [-0.2, -0.15) is 5.10 Å². The summed E-state index contributed by atoms with van der Waals surface area (Å²) in [7, 11) is 0. The van der Waals surface area contributed by atoms with Gasteiger partial charge >= 0.3 is 0 Å². The highest BCUT2D eigenvalue weighted by molar-refractivity contribution is 5.05. The standard InChI is InChI=1S/C17H30N4/c1-4-16-11-18-17(8-5-6-9-17)13-20(16)12-15-7-10-21(19-15)14(2)3/h7,10,14,16,18H,4-6,8-9,11-13H2,1-3H3. The van der Waals surface area contributed by atoms with Crippen molar-refractivity contribution in [3.05, 3.63) is 18.0 Å². The van der Waals surface area contributed by atoms with Crippen LogP contribution in [0.4, 0.5) is 0 Å². The van der Waals surface area contributed by atoms with Gasteiger partial charge in [-0.15, -0.1) is 0 Å². The lowest BCUT2D eigenvalue weighted by atomic mass is 9.91. The SMILES string of the molecule is CCC1CNC2(CCCC2)CN1Cc1ccn(C(C)C)n1. The van der Waals surface area contributed by atoms with Crippen molar-refractivity contribution in [1.29, 1.82) is 0 Å². The Morgan fingerprint density at radius 1 is 1.38 bits per heavy atom. The normalized spacial score (nSPS) is 26.0. The predicted octanol–water partition coefficient (Wildman–Crippen LogP) is 2.96. The molecule has 2 fully saturated rings. The van der Waals surface area contributed by atoms with Gasteiger partial charge in [-0.25, -0.2) is 0 Å². The summed E-state index contributed by atoms with van der Waals surface area (Å²) in [5.41, 5.74) is 1.61. The van der Waals surface area contributed by atoms with E-state index in [9.17, 15) is 0 Å². The lowest BCUT2D eigenvalue weighted by Crippen LogP contribution is -2.62. The molecule has 118 valence electrons. The number of hydrogen-bond donors (Lipinski definition) is 1. The van der Waals surface area contributed by atoms with E-state index >= 15 is 0 Å². The van der Waals surface area contributed by atoms with Crippen LogP contribution in [0, 0.1) is 0 Å². The van der Waals surface area contributed by atoms with Crippen LogP contribution < -0.4 is 5.32 Å². The molecule has 1 saturated heterocycles. The molecular weight excluding hydrogens is 260 g/mol. The van der Waals surface area contributed by atoms with E-state index < -0.39 is 0 Å². The Hall–Kier alpha value is -0.870. The third kappa shape index (κ3) is 3.16. The van der Waals surface area contributed by atoms with Gasteiger partial charge in [-0.3, -0.25) is 9.58 Å². The Labute approximate surface area is 128 Å². The molecule has 1 aromatic rings. The first kappa shape index (κ1) is 15.0. The van der Waals surface area contributed by atoms with Crippen molar-refractivity contribution in [3.63, 3.8) is 0 Å². The smallest absolute Gasteiger partial charge is 0.0765 e. The van der Waals surface area contributed by atoms with Crippen molar-refractivity contribution >= 4 is 0 Å². The van der Waals surface area contributed by atoms with Gasteiger partial charge in [0.1, 0.15) is 0 Å². The van der Waals surface area contributed by atoms with Gasteiger partial charge < -0.3 is 5.32 Å². The topological polar surface area (TPSA) is 33.1 Å². The van der Waals surface area contributed by atoms with Crippen LogP contribution in [0.1, 0.15) is 64.6 Å². The molecule has 3 rings (SSSR count). The van der Waals surface area contributed by atoms with Crippen molar-refractivity contribution < 1.29 is 0 Å². The third-order valence-corrected chi connectivity index (χ3v) is 5.32. The largest absolute Gasteiger partial charge is 0.308 e. The van der Waals surface area contributed by atoms with E-state index in [4.69, 9.17) is 5.10 Å². The first-order chi connectivity index (χ1) is 10.1. The maximum absolute atomic E-state index is 4.74. The van der Waals surface area contributed by atoms with E-state index in [0.717, 1.165) is 13.1 Å². The van der Waals surface area contributed by atoms with Gasteiger partial charge in [-0.05, 0) is 39.2 Å². The Balaban J connectivity index is 1.70. The average molecular weight is 290 g/mol. The Morgan fingerprint density at radius 2 is 2.14 bits per heavy atom. The second kappa shape index (κ2) is 6.09. The van der Waals surface area contributed by atoms with Crippen molar-refractivity contribution in [2.75, 3.05) is 13.1 Å². The summed E-state index contributed by atoms with van der Waals surface area (Å²) in [6.07, 6.45) is 8.81. The van der Waals surface area contributed by atoms with E-state index in [1.54, 1.807) is 0 Å². The molecule has 1 spiro atoms. The summed E-state index contributed by atoms with van der Waals surface area (Å²) in [6, 6.07) is 3.29. The molecule has 0 amide bonds. The Bertz CT molecular complexity index is 459. The van der Waals surface area contributed by atoms with E-state index in [-0.39, 0.29) is 0 Å². The second-order valence-electron chi connectivity index (χ2n) is 7.22. The summed E-state index contributed by atoms with van der Waals surface area (Å²) in [4.78, 5) is 2.68. The quantitative estimate of drug-likeness (QED) is 0.925. The minimum absolute atomic E-state index is 0.395. The number of nitrogens with one attached hydrogen (secondary N) is 1. The van der Waals surface area contributed by atoms with Gasteiger partial charge in [0.2, 0.25) is 0 Å². The molecule has 21 heavy (non-hydrogen) atoms. The number of piperazine rings is 1. The van der Waals surface area contributed by atoms with E-state index in [0.29, 0.717) is 17.6 Å². The fraction of sp³-hybridized carbons (Fsp3) is 0.824. The van der Waals surface area contributed by atoms with Crippen molar-refractivity contribution in [2.24, 2.45) is 0 Å². The van der Waals surface area contributed by atoms with Crippen LogP contribution >= 0.6 is 0 Å². The summed E-state index contributed by atoms with van der Waals surface area (Å²) in [5.74, 6) is 0. The van der Waals surface area contributed by atoms with Crippen LogP contribution in [0.15, 0.2) is 12.3 Å². The maximum Gasteiger partial charge on any atom is 0.0765 e. The molecule has 1 N–H and O–H groups in total. The Morgan fingerprint density at radius 3 is 2.76 bits per heavy atom. The molecule has 1 unspecified atom stereocenters. The monoisotopic (exact) mass is 290 g/mol. The third-order valence-electron chi connectivity index (χ3n) is 5.32. The fourth-order valence-electron chi connectivity index (χ4n) is 3.97. The zero-order valence-corrected chi connectivity index (χ0v) is 13.8. The summed E-state index contributed by atoms with van der Waals surface area (Å²) < 4.78 is 2.07. The highest BCUT2D eigenvalue weighted by atomic mass is 15.3. The molecule has 1 aliphatic heterocycles. The van der Waals surface area contributed by atoms with Gasteiger partial charge in [0.25, 0.3) is 0 Å². The highest BCUT2D eigenvalue weighted by Crippen LogP contribution is 2.34. The van der Waals surface area contributed by atoms with Crippen molar-refractivity contribution in [2.45, 2.75) is 77.0 Å². The number of aromatic nitrogens is 2. The van der Waals surface area contributed by atoms with Gasteiger partial charge in [-0.1, -0.05) is 19.8 Å². The molecule has 0 aromatic carbocycles. The minimum Gasteiger partial charge on any atom is -0.308 e. The van der Waals surface area contributed by atoms with Gasteiger partial charge in [0.15, 0.2) is 0 Å². The highest BCUT2D eigenvalue weighted by Gasteiger charge is 2.40. The van der Waals surface area contributed by atoms with Crippen LogP contribution in [0.25, 0.3) is 0 Å². The molecule has 0 bridgehead atoms. The first-order valence-corrected chi connectivity index (χ1v) is 8.65. The fourth-order valence-corrected chi connectivity index (χ4v) is 3.97. The summed E-state index contributed by atoms with van der Waals surface area (Å²) in [6.45, 7) is 10.0. The van der Waals surface area contributed by atoms with Gasteiger partial charge in [0.05, 0.1) is 5.69 Å². The molecule has 1 atom stereocenters. The molecular formula is C17H30N4. The molecule has 1 saturated carbocycles. The zero-order chi connectivity index (χ0) is 14.9. The Kier molecular flexibility index (Phi) is 4.36. The lowest BCUT2D eigenvalue weighted by Gasteiger charge is -2.46. The van der Waals surface area contributed by atoms with E-state index in [2.05, 4.69) is 47.9 Å². The van der Waals surface area contributed by atoms with Crippen molar-refractivity contribution in [3.8, 4) is 0 Å². The molecule has 1 aliphatic carbocycles. The van der Waals surface area contributed by atoms with Crippen LogP contribution in [-0.4, -0.2) is 39.4 Å². The van der Waals surface area contributed by atoms with Crippen LogP contribution in [-0.2, 0) is 6.54 Å². The summed E-state index contributed by atoms with van der Waals surface area (Å²) in [5, 5.41) is 8.61. The molecule has 2 aliphatic rings. The van der Waals surface area contributed by atoms with Crippen molar-refractivity contribution in [1.82, 2.24) is 20.0 Å². The molecule has 0 radical (unpaired) electrons. The molecule has 4 heteroatoms. The summed E-state index contributed by atoms with van der Waals surface area (Å²) >= 11 is 0. The lowest BCUT2D eigenvalue weighted by molar-refractivity contribution is 0.0705. The first-order valence-electron chi connectivity index (χ1n) is 8.65. The van der Waals surface area contributed by atoms with Crippen LogP contribution in [0.3, 0.4) is 0 Å². The predicted molar refractivity (Wildman–Crippen MR) is 86.3 cm³/mol. The minimum atomic E-state index is 0.395. The zero-order valence-electron chi connectivity index (χ0n) is 13.8. The number of rotatable bonds is 4.